The highest BCUT2D eigenvalue weighted by Crippen LogP contribution is 2.23. The van der Waals surface area contributed by atoms with Crippen molar-refractivity contribution in [1.29, 1.82) is 0 Å². The van der Waals surface area contributed by atoms with Gasteiger partial charge in [0.25, 0.3) is 5.56 Å². The molecule has 2 amide bonds. The molecule has 2 bridgehead atoms. The number of nitrogens with zero attached hydrogens (tertiary/aromatic N) is 4. The molecule has 2 aliphatic heterocycles. The fraction of sp³-hybridized carbons (Fsp3) is 0.429. The molecule has 188 valence electrons. The molecule has 5 rings (SSSR count). The maximum atomic E-state index is 13.4. The van der Waals surface area contributed by atoms with Crippen LogP contribution in [0.5, 0.6) is 5.75 Å². The molecule has 1 aromatic heterocycles. The molecule has 8 heteroatoms. The average Bonchev–Trinajstić information content (AvgIpc) is 2.90. The summed E-state index contributed by atoms with van der Waals surface area (Å²) in [6, 6.07) is 15.4. The topological polar surface area (TPSA) is 84.7 Å². The van der Waals surface area contributed by atoms with Gasteiger partial charge in [0.1, 0.15) is 12.3 Å². The van der Waals surface area contributed by atoms with E-state index in [0.717, 1.165) is 44.4 Å². The van der Waals surface area contributed by atoms with Gasteiger partial charge < -0.3 is 14.5 Å². The number of ether oxygens (including phenoxy) is 1. The third kappa shape index (κ3) is 5.42. The summed E-state index contributed by atoms with van der Waals surface area (Å²) in [6.45, 7) is 1.39. The molecule has 0 aliphatic carbocycles. The largest absolute Gasteiger partial charge is 0.494 e. The number of amides is 2. The summed E-state index contributed by atoms with van der Waals surface area (Å²) >= 11 is 0. The van der Waals surface area contributed by atoms with Crippen molar-refractivity contribution < 1.29 is 14.3 Å². The third-order valence-electron chi connectivity index (χ3n) is 7.17. The first-order chi connectivity index (χ1) is 17.6. The van der Waals surface area contributed by atoms with E-state index >= 15 is 0 Å². The molecule has 8 nitrogen and oxygen atoms in total. The molecule has 36 heavy (non-hydrogen) atoms. The molecule has 0 radical (unpaired) electrons. The predicted molar refractivity (Wildman–Crippen MR) is 137 cm³/mol. The zero-order chi connectivity index (χ0) is 24.9. The lowest BCUT2D eigenvalue weighted by molar-refractivity contribution is -0.143. The fourth-order valence-electron chi connectivity index (χ4n) is 5.21. The van der Waals surface area contributed by atoms with E-state index in [1.807, 2.05) is 23.1 Å². The highest BCUT2D eigenvalue weighted by atomic mass is 16.5. The van der Waals surface area contributed by atoms with E-state index in [1.54, 1.807) is 23.1 Å². The zero-order valence-electron chi connectivity index (χ0n) is 20.5. The monoisotopic (exact) mass is 488 g/mol. The minimum absolute atomic E-state index is 0.0103. The lowest BCUT2D eigenvalue weighted by atomic mass is 9.95. The second kappa shape index (κ2) is 10.9. The van der Waals surface area contributed by atoms with Gasteiger partial charge in [-0.15, -0.1) is 0 Å². The van der Waals surface area contributed by atoms with Gasteiger partial charge in [-0.2, -0.15) is 0 Å². The van der Waals surface area contributed by atoms with Crippen LogP contribution in [0.1, 0.15) is 37.7 Å². The number of aryl methyl sites for hydroxylation is 1. The maximum absolute atomic E-state index is 13.4. The van der Waals surface area contributed by atoms with Gasteiger partial charge in [0.05, 0.1) is 30.4 Å². The Morgan fingerprint density at radius 2 is 1.89 bits per heavy atom. The van der Waals surface area contributed by atoms with Crippen molar-refractivity contribution >= 4 is 22.7 Å². The van der Waals surface area contributed by atoms with Crippen LogP contribution in [-0.2, 0) is 22.6 Å². The Kier molecular flexibility index (Phi) is 7.30. The summed E-state index contributed by atoms with van der Waals surface area (Å²) in [5, 5.41) is 0.469. The molecule has 1 unspecified atom stereocenters. The molecule has 2 aromatic carbocycles. The van der Waals surface area contributed by atoms with Gasteiger partial charge >= 0.3 is 0 Å². The number of fused-ring (bicyclic) bond motifs is 4. The Hall–Kier alpha value is -3.68. The molecule has 2 aliphatic rings. The van der Waals surface area contributed by atoms with Crippen LogP contribution in [0.15, 0.2) is 59.7 Å². The lowest BCUT2D eigenvalue weighted by Crippen LogP contribution is -2.50. The van der Waals surface area contributed by atoms with E-state index in [-0.39, 0.29) is 36.5 Å². The van der Waals surface area contributed by atoms with Gasteiger partial charge in [0.15, 0.2) is 0 Å². The Labute approximate surface area is 210 Å². The van der Waals surface area contributed by atoms with E-state index in [4.69, 9.17) is 4.74 Å². The number of hydrogen-bond donors (Lipinski definition) is 0. The number of carbonyl (C=O) groups excluding carboxylic acids is 2. The summed E-state index contributed by atoms with van der Waals surface area (Å²) in [4.78, 5) is 47.6. The molecule has 0 spiro atoms. The standard InChI is InChI=1S/C28H32N4O4/c33-26(18-31-20-29-25-11-2-1-10-24(25)28(31)35)30-14-6-16-36-23-9-5-7-21(17-23)12-13-22-8-3-4-15-32(22)27(34)19-30/h1-2,5,7,9-11,17,20,22H,3-4,6,8,12-16,18-19H2. The van der Waals surface area contributed by atoms with Crippen LogP contribution >= 0.6 is 0 Å². The van der Waals surface area contributed by atoms with Gasteiger partial charge in [0, 0.05) is 19.1 Å². The van der Waals surface area contributed by atoms with Crippen LogP contribution in [0.3, 0.4) is 0 Å². The summed E-state index contributed by atoms with van der Waals surface area (Å²) in [6.07, 6.45) is 6.83. The van der Waals surface area contributed by atoms with E-state index in [0.29, 0.717) is 30.5 Å². The Bertz CT molecular complexity index is 1300. The van der Waals surface area contributed by atoms with Gasteiger partial charge in [-0.3, -0.25) is 19.0 Å². The maximum Gasteiger partial charge on any atom is 0.261 e. The first-order valence-electron chi connectivity index (χ1n) is 12.8. The number of carbonyl (C=O) groups is 2. The Balaban J connectivity index is 1.37. The molecule has 0 saturated carbocycles. The zero-order valence-corrected chi connectivity index (χ0v) is 20.5. The summed E-state index contributed by atoms with van der Waals surface area (Å²) in [5.74, 6) is 0.529. The van der Waals surface area contributed by atoms with Gasteiger partial charge in [-0.1, -0.05) is 24.3 Å². The van der Waals surface area contributed by atoms with E-state index in [9.17, 15) is 14.4 Å². The van der Waals surface area contributed by atoms with Gasteiger partial charge in [-0.05, 0) is 68.4 Å². The first kappa shape index (κ1) is 24.0. The van der Waals surface area contributed by atoms with E-state index in [1.165, 1.54) is 16.5 Å². The van der Waals surface area contributed by atoms with E-state index < -0.39 is 0 Å². The molecule has 0 N–H and O–H groups in total. The molecule has 1 atom stereocenters. The summed E-state index contributed by atoms with van der Waals surface area (Å²) in [5.41, 5.74) is 1.55. The molecular formula is C28H32N4O4. The van der Waals surface area contributed by atoms with Crippen molar-refractivity contribution in [1.82, 2.24) is 19.4 Å². The van der Waals surface area contributed by atoms with Crippen LogP contribution < -0.4 is 10.3 Å². The lowest BCUT2D eigenvalue weighted by Gasteiger charge is -2.37. The SMILES string of the molecule is O=C(Cn1cnc2ccccc2c1=O)N1CCCOc2cccc(c2)CCC2CCCCN2C(=O)C1. The number of benzene rings is 2. The third-order valence-corrected chi connectivity index (χ3v) is 7.17. The normalized spacial score (nSPS) is 19.3. The number of rotatable bonds is 2. The van der Waals surface area contributed by atoms with Crippen LogP contribution in [0, 0.1) is 0 Å². The van der Waals surface area contributed by atoms with E-state index in [2.05, 4.69) is 17.1 Å². The molecule has 1 saturated heterocycles. The predicted octanol–water partition coefficient (Wildman–Crippen LogP) is 3.02. The molecular weight excluding hydrogens is 456 g/mol. The van der Waals surface area contributed by atoms with Crippen LogP contribution in [0.25, 0.3) is 10.9 Å². The van der Waals surface area contributed by atoms with Crippen molar-refractivity contribution in [2.75, 3.05) is 26.2 Å². The van der Waals surface area contributed by atoms with Crippen LogP contribution in [-0.4, -0.2) is 63.4 Å². The summed E-state index contributed by atoms with van der Waals surface area (Å²) < 4.78 is 7.27. The van der Waals surface area contributed by atoms with Crippen molar-refractivity contribution in [3.05, 3.63) is 70.8 Å². The van der Waals surface area contributed by atoms with Crippen LogP contribution in [0.2, 0.25) is 0 Å². The first-order valence-corrected chi connectivity index (χ1v) is 12.8. The smallest absolute Gasteiger partial charge is 0.261 e. The second-order valence-corrected chi connectivity index (χ2v) is 9.63. The van der Waals surface area contributed by atoms with Crippen molar-refractivity contribution in [2.45, 2.75) is 51.1 Å². The fourth-order valence-corrected chi connectivity index (χ4v) is 5.21. The molecule has 3 aromatic rings. The minimum atomic E-state index is -0.273. The quantitative estimate of drug-likeness (QED) is 0.554. The average molecular weight is 489 g/mol. The Morgan fingerprint density at radius 3 is 2.81 bits per heavy atom. The summed E-state index contributed by atoms with van der Waals surface area (Å²) in [7, 11) is 0. The Morgan fingerprint density at radius 1 is 1.00 bits per heavy atom. The highest BCUT2D eigenvalue weighted by molar-refractivity contribution is 5.85. The molecule has 3 heterocycles. The number of para-hydroxylation sites is 1. The second-order valence-electron chi connectivity index (χ2n) is 9.63. The van der Waals surface area contributed by atoms with Crippen molar-refractivity contribution in [3.63, 3.8) is 0 Å². The van der Waals surface area contributed by atoms with Crippen molar-refractivity contribution in [3.8, 4) is 5.75 Å². The molecule has 1 fully saturated rings. The number of piperidine rings is 1. The minimum Gasteiger partial charge on any atom is -0.494 e. The van der Waals surface area contributed by atoms with Crippen molar-refractivity contribution in [2.24, 2.45) is 0 Å². The number of aromatic nitrogens is 2. The number of hydrogen-bond acceptors (Lipinski definition) is 5. The van der Waals surface area contributed by atoms with Gasteiger partial charge in [0.2, 0.25) is 11.8 Å². The van der Waals surface area contributed by atoms with Crippen LogP contribution in [0.4, 0.5) is 0 Å². The highest BCUT2D eigenvalue weighted by Gasteiger charge is 2.29. The van der Waals surface area contributed by atoms with Gasteiger partial charge in [-0.25, -0.2) is 4.98 Å².